The van der Waals surface area contributed by atoms with Gasteiger partial charge < -0.3 is 16.0 Å². The number of benzene rings is 1. The fourth-order valence-electron chi connectivity index (χ4n) is 1.83. The summed E-state index contributed by atoms with van der Waals surface area (Å²) in [5, 5.41) is 3.91. The molecule has 0 saturated heterocycles. The van der Waals surface area contributed by atoms with E-state index in [0.717, 1.165) is 0 Å². The first-order valence-corrected chi connectivity index (χ1v) is 5.92. The minimum absolute atomic E-state index is 0.343. The van der Waals surface area contributed by atoms with E-state index in [1.54, 1.807) is 37.4 Å². The monoisotopic (exact) mass is 268 g/mol. The second-order valence-corrected chi connectivity index (χ2v) is 4.30. The summed E-state index contributed by atoms with van der Waals surface area (Å²) in [5.41, 5.74) is 13.8. The predicted octanol–water partition coefficient (Wildman–Crippen LogP) is 1.67. The van der Waals surface area contributed by atoms with E-state index in [2.05, 4.69) is 20.1 Å². The van der Waals surface area contributed by atoms with E-state index < -0.39 is 0 Å². The fourth-order valence-corrected chi connectivity index (χ4v) is 1.83. The third kappa shape index (κ3) is 2.28. The van der Waals surface area contributed by atoms with E-state index in [9.17, 15) is 0 Å². The van der Waals surface area contributed by atoms with Crippen LogP contribution in [0.25, 0.3) is 23.0 Å². The Bertz CT molecular complexity index is 747. The standard InChI is InChI=1S/C13H12N6O/c1-7-16-3-2-11(17-7)12-18-13(20-19-12)8-4-9(14)6-10(15)5-8/h2-6H,14-15H2,1H3. The van der Waals surface area contributed by atoms with E-state index in [4.69, 9.17) is 16.0 Å². The molecule has 20 heavy (non-hydrogen) atoms. The Morgan fingerprint density at radius 1 is 1.05 bits per heavy atom. The lowest BCUT2D eigenvalue weighted by molar-refractivity contribution is 0.432. The topological polar surface area (TPSA) is 117 Å². The number of nitrogens with zero attached hydrogens (tertiary/aromatic N) is 4. The fraction of sp³-hybridized carbons (Fsp3) is 0.0769. The van der Waals surface area contributed by atoms with Gasteiger partial charge in [0.2, 0.25) is 5.82 Å². The van der Waals surface area contributed by atoms with Crippen LogP contribution in [0.4, 0.5) is 11.4 Å². The number of nitrogen functional groups attached to an aromatic ring is 2. The van der Waals surface area contributed by atoms with Crippen LogP contribution in [0.3, 0.4) is 0 Å². The Kier molecular flexibility index (Phi) is 2.79. The lowest BCUT2D eigenvalue weighted by Gasteiger charge is -1.99. The van der Waals surface area contributed by atoms with E-state index in [1.165, 1.54) is 0 Å². The normalized spacial score (nSPS) is 10.7. The van der Waals surface area contributed by atoms with Gasteiger partial charge in [0.15, 0.2) is 0 Å². The van der Waals surface area contributed by atoms with Gasteiger partial charge in [0.25, 0.3) is 5.89 Å². The number of aryl methyl sites for hydroxylation is 1. The van der Waals surface area contributed by atoms with Crippen molar-refractivity contribution in [3.63, 3.8) is 0 Å². The van der Waals surface area contributed by atoms with Gasteiger partial charge >= 0.3 is 0 Å². The second-order valence-electron chi connectivity index (χ2n) is 4.30. The molecule has 0 aliphatic rings. The molecule has 7 heteroatoms. The summed E-state index contributed by atoms with van der Waals surface area (Å²) in [6.07, 6.45) is 1.65. The highest BCUT2D eigenvalue weighted by Gasteiger charge is 2.12. The van der Waals surface area contributed by atoms with Crippen LogP contribution in [0, 0.1) is 6.92 Å². The smallest absolute Gasteiger partial charge is 0.258 e. The molecule has 0 aliphatic heterocycles. The van der Waals surface area contributed by atoms with Gasteiger partial charge in [-0.05, 0) is 31.2 Å². The van der Waals surface area contributed by atoms with Gasteiger partial charge in [-0.15, -0.1) is 0 Å². The second kappa shape index (κ2) is 4.61. The highest BCUT2D eigenvalue weighted by atomic mass is 16.5. The Balaban J connectivity index is 2.02. The molecule has 2 aromatic heterocycles. The predicted molar refractivity (Wildman–Crippen MR) is 74.3 cm³/mol. The first-order valence-electron chi connectivity index (χ1n) is 5.92. The van der Waals surface area contributed by atoms with Crippen LogP contribution in [0.2, 0.25) is 0 Å². The molecular formula is C13H12N6O. The van der Waals surface area contributed by atoms with E-state index >= 15 is 0 Å². The molecular weight excluding hydrogens is 256 g/mol. The van der Waals surface area contributed by atoms with E-state index in [-0.39, 0.29) is 0 Å². The molecule has 0 fully saturated rings. The maximum absolute atomic E-state index is 5.74. The van der Waals surface area contributed by atoms with Crippen LogP contribution in [-0.2, 0) is 0 Å². The summed E-state index contributed by atoms with van der Waals surface area (Å²) in [7, 11) is 0. The van der Waals surface area contributed by atoms with Crippen LogP contribution in [-0.4, -0.2) is 20.1 Å². The van der Waals surface area contributed by atoms with Crippen molar-refractivity contribution in [1.82, 2.24) is 20.1 Å². The van der Waals surface area contributed by atoms with Crippen molar-refractivity contribution < 1.29 is 4.52 Å². The van der Waals surface area contributed by atoms with Gasteiger partial charge in [-0.3, -0.25) is 0 Å². The molecule has 0 radical (unpaired) electrons. The summed E-state index contributed by atoms with van der Waals surface area (Å²) in [6, 6.07) is 6.82. The van der Waals surface area contributed by atoms with Crippen molar-refractivity contribution in [1.29, 1.82) is 0 Å². The highest BCUT2D eigenvalue weighted by Crippen LogP contribution is 2.25. The van der Waals surface area contributed by atoms with Crippen molar-refractivity contribution in [3.8, 4) is 23.0 Å². The molecule has 3 rings (SSSR count). The third-order valence-corrected chi connectivity index (χ3v) is 2.66. The largest absolute Gasteiger partial charge is 0.399 e. The zero-order chi connectivity index (χ0) is 14.1. The lowest BCUT2D eigenvalue weighted by atomic mass is 10.2. The van der Waals surface area contributed by atoms with Gasteiger partial charge in [-0.2, -0.15) is 4.98 Å². The Hall–Kier alpha value is -2.96. The maximum Gasteiger partial charge on any atom is 0.258 e. The van der Waals surface area contributed by atoms with Gasteiger partial charge in [0.1, 0.15) is 11.5 Å². The van der Waals surface area contributed by atoms with E-state index in [1.807, 2.05) is 0 Å². The summed E-state index contributed by atoms with van der Waals surface area (Å²) in [6.45, 7) is 1.79. The number of nitrogens with two attached hydrogens (primary N) is 2. The van der Waals surface area contributed by atoms with Crippen LogP contribution in [0.15, 0.2) is 35.0 Å². The number of anilines is 2. The van der Waals surface area contributed by atoms with E-state index in [0.29, 0.717) is 40.2 Å². The average molecular weight is 268 g/mol. The minimum Gasteiger partial charge on any atom is -0.399 e. The zero-order valence-electron chi connectivity index (χ0n) is 10.7. The van der Waals surface area contributed by atoms with Gasteiger partial charge in [0, 0.05) is 23.1 Å². The molecule has 0 saturated carbocycles. The molecule has 4 N–H and O–H groups in total. The molecule has 100 valence electrons. The summed E-state index contributed by atoms with van der Waals surface area (Å²) in [4.78, 5) is 12.6. The van der Waals surface area contributed by atoms with Crippen molar-refractivity contribution in [3.05, 3.63) is 36.3 Å². The lowest BCUT2D eigenvalue weighted by Crippen LogP contribution is -1.92. The molecule has 1 aromatic carbocycles. The SMILES string of the molecule is Cc1nccc(-c2noc(-c3cc(N)cc(N)c3)n2)n1. The first kappa shape index (κ1) is 12.1. The summed E-state index contributed by atoms with van der Waals surface area (Å²) >= 11 is 0. The number of rotatable bonds is 2. The highest BCUT2D eigenvalue weighted by molar-refractivity contribution is 5.68. The Morgan fingerprint density at radius 2 is 1.80 bits per heavy atom. The molecule has 7 nitrogen and oxygen atoms in total. The molecule has 3 aromatic rings. The summed E-state index contributed by atoms with van der Waals surface area (Å²) < 4.78 is 5.22. The van der Waals surface area contributed by atoms with Crippen molar-refractivity contribution >= 4 is 11.4 Å². The average Bonchev–Trinajstić information content (AvgIpc) is 2.87. The van der Waals surface area contributed by atoms with Crippen LogP contribution in [0.5, 0.6) is 0 Å². The Labute approximate surface area is 114 Å². The van der Waals surface area contributed by atoms with Crippen molar-refractivity contribution in [2.75, 3.05) is 11.5 Å². The van der Waals surface area contributed by atoms with Gasteiger partial charge in [-0.25, -0.2) is 9.97 Å². The molecule has 0 aliphatic carbocycles. The van der Waals surface area contributed by atoms with Crippen molar-refractivity contribution in [2.24, 2.45) is 0 Å². The number of hydrogen-bond donors (Lipinski definition) is 2. The molecule has 0 bridgehead atoms. The molecule has 0 unspecified atom stereocenters. The third-order valence-electron chi connectivity index (χ3n) is 2.66. The summed E-state index contributed by atoms with van der Waals surface area (Å²) in [5.74, 6) is 1.38. The zero-order valence-corrected chi connectivity index (χ0v) is 10.7. The van der Waals surface area contributed by atoms with Crippen LogP contribution < -0.4 is 11.5 Å². The molecule has 0 amide bonds. The van der Waals surface area contributed by atoms with Crippen molar-refractivity contribution in [2.45, 2.75) is 6.92 Å². The van der Waals surface area contributed by atoms with Crippen LogP contribution in [0.1, 0.15) is 5.82 Å². The molecule has 0 atom stereocenters. The minimum atomic E-state index is 0.343. The van der Waals surface area contributed by atoms with Gasteiger partial charge in [0.05, 0.1) is 0 Å². The van der Waals surface area contributed by atoms with Crippen LogP contribution >= 0.6 is 0 Å². The number of hydrogen-bond acceptors (Lipinski definition) is 7. The molecule has 0 spiro atoms. The first-order chi connectivity index (χ1) is 9.61. The molecule has 2 heterocycles. The quantitative estimate of drug-likeness (QED) is 0.679. The maximum atomic E-state index is 5.74. The Morgan fingerprint density at radius 3 is 2.50 bits per heavy atom. The number of aromatic nitrogens is 4. The van der Waals surface area contributed by atoms with Gasteiger partial charge in [-0.1, -0.05) is 5.16 Å².